The Bertz CT molecular complexity index is 893. The van der Waals surface area contributed by atoms with Gasteiger partial charge in [0.05, 0.1) is 19.0 Å². The van der Waals surface area contributed by atoms with Crippen LogP contribution in [0.4, 0.5) is 0 Å². The van der Waals surface area contributed by atoms with Crippen molar-refractivity contribution in [1.29, 1.82) is 0 Å². The van der Waals surface area contributed by atoms with Gasteiger partial charge in [0.2, 0.25) is 0 Å². The zero-order chi connectivity index (χ0) is 18.2. The number of hydrazone groups is 1. The lowest BCUT2D eigenvalue weighted by Gasteiger charge is -2.04. The molecule has 1 heterocycles. The normalized spacial score (nSPS) is 10.8. The maximum Gasteiger partial charge on any atom is 0.277 e. The summed E-state index contributed by atoms with van der Waals surface area (Å²) in [7, 11) is 0. The van der Waals surface area contributed by atoms with Crippen LogP contribution in [0.15, 0.2) is 76.6 Å². The average molecular weight is 413 g/mol. The van der Waals surface area contributed by atoms with Crippen LogP contribution in [0.5, 0.6) is 5.75 Å². The van der Waals surface area contributed by atoms with E-state index in [-0.39, 0.29) is 12.5 Å². The molecule has 0 spiro atoms. The Morgan fingerprint density at radius 2 is 2.08 bits per heavy atom. The summed E-state index contributed by atoms with van der Waals surface area (Å²) in [5.41, 5.74) is 4.40. The number of halogens is 1. The summed E-state index contributed by atoms with van der Waals surface area (Å²) >= 11 is 3.35. The highest BCUT2D eigenvalue weighted by Gasteiger charge is 2.02. The lowest BCUT2D eigenvalue weighted by atomic mass is 10.2. The predicted molar refractivity (Wildman–Crippen MR) is 103 cm³/mol. The molecule has 0 saturated carbocycles. The van der Waals surface area contributed by atoms with Gasteiger partial charge in [0.1, 0.15) is 5.75 Å². The van der Waals surface area contributed by atoms with Gasteiger partial charge in [-0.3, -0.25) is 9.48 Å². The molecule has 6 nitrogen and oxygen atoms in total. The largest absolute Gasteiger partial charge is 0.484 e. The Balaban J connectivity index is 1.45. The van der Waals surface area contributed by atoms with Crippen LogP contribution >= 0.6 is 15.9 Å². The molecular weight excluding hydrogens is 396 g/mol. The van der Waals surface area contributed by atoms with Gasteiger partial charge in [-0.15, -0.1) is 0 Å². The number of hydrogen-bond acceptors (Lipinski definition) is 4. The summed E-state index contributed by atoms with van der Waals surface area (Å²) in [6.45, 7) is 0.572. The highest BCUT2D eigenvalue weighted by atomic mass is 79.9. The summed E-state index contributed by atoms with van der Waals surface area (Å²) in [6.07, 6.45) is 5.10. The quantitative estimate of drug-likeness (QED) is 0.478. The molecule has 7 heteroatoms. The molecule has 0 aliphatic rings. The van der Waals surface area contributed by atoms with Gasteiger partial charge in [0.15, 0.2) is 6.61 Å². The number of ether oxygens (including phenoxy) is 1. The van der Waals surface area contributed by atoms with Crippen LogP contribution in [0.1, 0.15) is 11.1 Å². The first-order chi connectivity index (χ1) is 12.7. The van der Waals surface area contributed by atoms with Crippen molar-refractivity contribution in [3.63, 3.8) is 0 Å². The lowest BCUT2D eigenvalue weighted by molar-refractivity contribution is -0.123. The van der Waals surface area contributed by atoms with Crippen molar-refractivity contribution < 1.29 is 9.53 Å². The first-order valence-corrected chi connectivity index (χ1v) is 8.75. The summed E-state index contributed by atoms with van der Waals surface area (Å²) in [5.74, 6) is 0.276. The van der Waals surface area contributed by atoms with Crippen molar-refractivity contribution in [3.8, 4) is 5.75 Å². The van der Waals surface area contributed by atoms with Crippen molar-refractivity contribution in [1.82, 2.24) is 15.2 Å². The van der Waals surface area contributed by atoms with Crippen LogP contribution in [0.2, 0.25) is 0 Å². The second-order valence-electron chi connectivity index (χ2n) is 5.50. The van der Waals surface area contributed by atoms with Crippen LogP contribution in [0, 0.1) is 0 Å². The fourth-order valence-corrected chi connectivity index (χ4v) is 2.60. The number of rotatable bonds is 7. The highest BCUT2D eigenvalue weighted by molar-refractivity contribution is 9.10. The van der Waals surface area contributed by atoms with Crippen LogP contribution in [-0.4, -0.2) is 28.5 Å². The zero-order valence-corrected chi connectivity index (χ0v) is 15.5. The molecule has 2 aromatic carbocycles. The van der Waals surface area contributed by atoms with E-state index in [1.165, 1.54) is 0 Å². The van der Waals surface area contributed by atoms with Crippen molar-refractivity contribution in [2.24, 2.45) is 5.10 Å². The number of carbonyl (C=O) groups excluding carboxylic acids is 1. The van der Waals surface area contributed by atoms with Crippen LogP contribution in [0.3, 0.4) is 0 Å². The van der Waals surface area contributed by atoms with Gasteiger partial charge in [-0.25, -0.2) is 5.43 Å². The van der Waals surface area contributed by atoms with Gasteiger partial charge in [0, 0.05) is 16.2 Å². The van der Waals surface area contributed by atoms with E-state index in [2.05, 4.69) is 31.6 Å². The smallest absolute Gasteiger partial charge is 0.277 e. The Hall–Kier alpha value is -2.93. The topological polar surface area (TPSA) is 68.5 Å². The monoisotopic (exact) mass is 412 g/mol. The maximum absolute atomic E-state index is 11.8. The number of nitrogens with one attached hydrogen (secondary N) is 1. The van der Waals surface area contributed by atoms with E-state index in [0.717, 1.165) is 15.6 Å². The standard InChI is InChI=1S/C19H17BrN4O2/c20-17-7-4-8-18(9-17)26-14-19(25)23-21-10-16-11-22-24(13-16)12-15-5-2-1-3-6-15/h1-11,13H,12,14H2,(H,23,25)/b21-10-. The molecule has 1 aromatic heterocycles. The fourth-order valence-electron chi connectivity index (χ4n) is 2.22. The van der Waals surface area contributed by atoms with Gasteiger partial charge < -0.3 is 4.74 Å². The minimum absolute atomic E-state index is 0.110. The number of nitrogens with zero attached hydrogens (tertiary/aromatic N) is 3. The van der Waals surface area contributed by atoms with Gasteiger partial charge in [-0.2, -0.15) is 10.2 Å². The molecule has 1 amide bonds. The molecule has 0 bridgehead atoms. The Kier molecular flexibility index (Phi) is 6.16. The van der Waals surface area contributed by atoms with Gasteiger partial charge >= 0.3 is 0 Å². The predicted octanol–water partition coefficient (Wildman–Crippen LogP) is 3.22. The molecule has 0 atom stereocenters. The van der Waals surface area contributed by atoms with Crippen molar-refractivity contribution in [2.75, 3.05) is 6.61 Å². The molecular formula is C19H17BrN4O2. The molecule has 0 unspecified atom stereocenters. The van der Waals surface area contributed by atoms with Gasteiger partial charge in [0.25, 0.3) is 5.91 Å². The van der Waals surface area contributed by atoms with E-state index in [4.69, 9.17) is 4.74 Å². The lowest BCUT2D eigenvalue weighted by Crippen LogP contribution is -2.24. The van der Waals surface area contributed by atoms with Crippen molar-refractivity contribution in [2.45, 2.75) is 6.54 Å². The molecule has 0 saturated heterocycles. The summed E-state index contributed by atoms with van der Waals surface area (Å²) < 4.78 is 8.09. The number of benzene rings is 2. The molecule has 1 N–H and O–H groups in total. The number of carbonyl (C=O) groups is 1. The summed E-state index contributed by atoms with van der Waals surface area (Å²) in [5, 5.41) is 8.20. The summed E-state index contributed by atoms with van der Waals surface area (Å²) in [6, 6.07) is 17.3. The third-order valence-corrected chi connectivity index (χ3v) is 3.90. The average Bonchev–Trinajstić information content (AvgIpc) is 3.08. The number of hydrogen-bond donors (Lipinski definition) is 1. The van der Waals surface area contributed by atoms with E-state index in [1.54, 1.807) is 24.5 Å². The number of aromatic nitrogens is 2. The molecule has 3 rings (SSSR count). The molecule has 0 aliphatic heterocycles. The second-order valence-corrected chi connectivity index (χ2v) is 6.41. The molecule has 0 aliphatic carbocycles. The Labute approximate surface area is 159 Å². The van der Waals surface area contributed by atoms with Gasteiger partial charge in [-0.05, 0) is 23.8 Å². The SMILES string of the molecule is O=C(COc1cccc(Br)c1)N/N=C\c1cnn(Cc2ccccc2)c1. The number of amides is 1. The third-order valence-electron chi connectivity index (χ3n) is 3.41. The zero-order valence-electron chi connectivity index (χ0n) is 13.9. The Morgan fingerprint density at radius 3 is 2.88 bits per heavy atom. The van der Waals surface area contributed by atoms with Crippen molar-refractivity contribution >= 4 is 28.1 Å². The first-order valence-electron chi connectivity index (χ1n) is 7.96. The molecule has 0 radical (unpaired) electrons. The van der Waals surface area contributed by atoms with E-state index < -0.39 is 0 Å². The van der Waals surface area contributed by atoms with E-state index >= 15 is 0 Å². The van der Waals surface area contributed by atoms with Crippen LogP contribution in [-0.2, 0) is 11.3 Å². The second kappa shape index (κ2) is 8.96. The van der Waals surface area contributed by atoms with Gasteiger partial charge in [-0.1, -0.05) is 52.3 Å². The minimum Gasteiger partial charge on any atom is -0.484 e. The third kappa shape index (κ3) is 5.56. The molecule has 3 aromatic rings. The van der Waals surface area contributed by atoms with E-state index in [9.17, 15) is 4.79 Å². The van der Waals surface area contributed by atoms with E-state index in [0.29, 0.717) is 12.3 Å². The molecule has 0 fully saturated rings. The van der Waals surface area contributed by atoms with E-state index in [1.807, 2.05) is 53.3 Å². The Morgan fingerprint density at radius 1 is 1.23 bits per heavy atom. The van der Waals surface area contributed by atoms with Crippen molar-refractivity contribution in [3.05, 3.63) is 82.6 Å². The summed E-state index contributed by atoms with van der Waals surface area (Å²) in [4.78, 5) is 11.8. The molecule has 132 valence electrons. The fraction of sp³-hybridized carbons (Fsp3) is 0.105. The van der Waals surface area contributed by atoms with Crippen LogP contribution in [0.25, 0.3) is 0 Å². The minimum atomic E-state index is -0.335. The molecule has 26 heavy (non-hydrogen) atoms. The first kappa shape index (κ1) is 17.9. The van der Waals surface area contributed by atoms with Crippen LogP contribution < -0.4 is 10.2 Å². The maximum atomic E-state index is 11.8. The highest BCUT2D eigenvalue weighted by Crippen LogP contribution is 2.17.